The summed E-state index contributed by atoms with van der Waals surface area (Å²) in [6, 6.07) is 10.0. The van der Waals surface area contributed by atoms with E-state index in [2.05, 4.69) is 49.2 Å². The first-order chi connectivity index (χ1) is 13.2. The van der Waals surface area contributed by atoms with E-state index in [0.717, 1.165) is 5.56 Å². The van der Waals surface area contributed by atoms with Crippen LogP contribution in [-0.4, -0.2) is 20.9 Å². The van der Waals surface area contributed by atoms with Crippen molar-refractivity contribution in [2.75, 3.05) is 10.6 Å². The molecular formula is C19H16N6OS. The maximum Gasteiger partial charge on any atom is 0.252 e. The number of rotatable bonds is 6. The largest absolute Gasteiger partial charge is 0.380 e. The van der Waals surface area contributed by atoms with E-state index >= 15 is 0 Å². The molecule has 134 valence electrons. The Balaban J connectivity index is 1.60. The van der Waals surface area contributed by atoms with Gasteiger partial charge in [-0.3, -0.25) is 9.78 Å². The predicted molar refractivity (Wildman–Crippen MR) is 107 cm³/mol. The second kappa shape index (κ2) is 7.38. The molecule has 27 heavy (non-hydrogen) atoms. The van der Waals surface area contributed by atoms with Crippen LogP contribution in [0.5, 0.6) is 0 Å². The van der Waals surface area contributed by atoms with Crippen LogP contribution in [0.1, 0.15) is 15.9 Å². The number of primary amides is 1. The van der Waals surface area contributed by atoms with Crippen LogP contribution in [0.3, 0.4) is 0 Å². The first-order valence-corrected chi connectivity index (χ1v) is 9.10. The molecule has 8 heteroatoms. The van der Waals surface area contributed by atoms with E-state index in [0.29, 0.717) is 29.4 Å². The van der Waals surface area contributed by atoms with Gasteiger partial charge in [0.15, 0.2) is 0 Å². The molecule has 0 aliphatic carbocycles. The number of nitrogens with zero attached hydrogens (tertiary/aromatic N) is 3. The number of aromatic nitrogens is 3. The highest BCUT2D eigenvalue weighted by Crippen LogP contribution is 2.26. The molecule has 3 heterocycles. The van der Waals surface area contributed by atoms with Crippen molar-refractivity contribution < 1.29 is 4.79 Å². The minimum Gasteiger partial charge on any atom is -0.380 e. The number of amides is 1. The third-order valence-electron chi connectivity index (χ3n) is 4.02. The second-order valence-corrected chi connectivity index (χ2v) is 6.72. The summed E-state index contributed by atoms with van der Waals surface area (Å²) in [5.74, 6) is 0.564. The number of anilines is 3. The lowest BCUT2D eigenvalue weighted by Gasteiger charge is -2.13. The first kappa shape index (κ1) is 16.9. The summed E-state index contributed by atoms with van der Waals surface area (Å²) < 4.78 is 1.22. The third-order valence-corrected chi connectivity index (χ3v) is 5.02. The molecule has 0 unspecified atom stereocenters. The van der Waals surface area contributed by atoms with E-state index in [-0.39, 0.29) is 0 Å². The van der Waals surface area contributed by atoms with E-state index in [9.17, 15) is 4.79 Å². The Bertz CT molecular complexity index is 1100. The van der Waals surface area contributed by atoms with Crippen molar-refractivity contribution in [3.8, 4) is 0 Å². The molecule has 1 aromatic carbocycles. The molecule has 4 N–H and O–H groups in total. The Morgan fingerprint density at radius 2 is 2.04 bits per heavy atom. The molecule has 0 spiro atoms. The Morgan fingerprint density at radius 1 is 1.11 bits per heavy atom. The number of carbonyl (C=O) groups is 1. The van der Waals surface area contributed by atoms with Gasteiger partial charge in [0.2, 0.25) is 0 Å². The summed E-state index contributed by atoms with van der Waals surface area (Å²) in [5, 5.41) is 9.64. The van der Waals surface area contributed by atoms with Crippen molar-refractivity contribution in [2.45, 2.75) is 6.54 Å². The highest BCUT2D eigenvalue weighted by molar-refractivity contribution is 7.17. The number of carbonyl (C=O) groups excluding carboxylic acids is 1. The van der Waals surface area contributed by atoms with Gasteiger partial charge >= 0.3 is 0 Å². The van der Waals surface area contributed by atoms with Crippen molar-refractivity contribution in [1.29, 1.82) is 0 Å². The van der Waals surface area contributed by atoms with Gasteiger partial charge in [-0.2, -0.15) is 0 Å². The molecule has 3 aromatic heterocycles. The maximum absolute atomic E-state index is 11.8. The van der Waals surface area contributed by atoms with Gasteiger partial charge in [0.05, 0.1) is 17.4 Å². The number of hydrogen-bond donors (Lipinski definition) is 3. The van der Waals surface area contributed by atoms with Gasteiger partial charge in [0.25, 0.3) is 5.91 Å². The molecule has 0 bridgehead atoms. The lowest BCUT2D eigenvalue weighted by atomic mass is 10.1. The zero-order chi connectivity index (χ0) is 18.6. The highest BCUT2D eigenvalue weighted by Gasteiger charge is 2.11. The minimum atomic E-state index is -0.537. The number of benzene rings is 1. The average Bonchev–Trinajstić information content (AvgIpc) is 3.16. The van der Waals surface area contributed by atoms with Crippen molar-refractivity contribution in [3.05, 3.63) is 71.6 Å². The number of nitrogens with two attached hydrogens (primary N) is 1. The van der Waals surface area contributed by atoms with Crippen LogP contribution >= 0.6 is 11.3 Å². The number of fused-ring (bicyclic) bond motifs is 1. The summed E-state index contributed by atoms with van der Waals surface area (Å²) in [5.41, 5.74) is 7.59. The second-order valence-electron chi connectivity index (χ2n) is 5.80. The van der Waals surface area contributed by atoms with Gasteiger partial charge in [-0.1, -0.05) is 18.2 Å². The molecule has 0 saturated carbocycles. The van der Waals surface area contributed by atoms with Crippen molar-refractivity contribution in [2.24, 2.45) is 5.73 Å². The number of nitrogens with one attached hydrogen (secondary N) is 2. The first-order valence-electron chi connectivity index (χ1n) is 8.22. The summed E-state index contributed by atoms with van der Waals surface area (Å²) in [4.78, 5) is 24.2. The average molecular weight is 376 g/mol. The van der Waals surface area contributed by atoms with Gasteiger partial charge in [-0.15, -0.1) is 11.3 Å². The maximum atomic E-state index is 11.8. The fourth-order valence-corrected chi connectivity index (χ4v) is 3.66. The molecule has 0 aliphatic heterocycles. The summed E-state index contributed by atoms with van der Waals surface area (Å²) >= 11 is 1.69. The van der Waals surface area contributed by atoms with Crippen LogP contribution < -0.4 is 16.4 Å². The smallest absolute Gasteiger partial charge is 0.252 e. The standard InChI is InChI=1S/C19H16N6OS/c20-19(26)14-10-24-16(25-17-11-21-5-6-22-17)8-15(14)23-9-13-3-1-2-12-4-7-27-18(12)13/h1-8,10-11H,9H2,(H2,20,26)(H2,22,23,24,25). The molecule has 4 rings (SSSR count). The van der Waals surface area contributed by atoms with E-state index in [1.54, 1.807) is 36.0 Å². The fraction of sp³-hybridized carbons (Fsp3) is 0.0526. The fourth-order valence-electron chi connectivity index (χ4n) is 2.75. The Kier molecular flexibility index (Phi) is 4.63. The number of thiophene rings is 1. The lowest BCUT2D eigenvalue weighted by molar-refractivity contribution is 0.100. The van der Waals surface area contributed by atoms with Gasteiger partial charge in [-0.05, 0) is 22.4 Å². The molecule has 0 radical (unpaired) electrons. The van der Waals surface area contributed by atoms with Crippen molar-refractivity contribution in [1.82, 2.24) is 15.0 Å². The number of pyridine rings is 1. The zero-order valence-electron chi connectivity index (χ0n) is 14.2. The van der Waals surface area contributed by atoms with Crippen LogP contribution in [0, 0.1) is 0 Å². The van der Waals surface area contributed by atoms with Crippen molar-refractivity contribution in [3.63, 3.8) is 0 Å². The minimum absolute atomic E-state index is 0.332. The molecule has 0 atom stereocenters. The molecule has 0 fully saturated rings. The zero-order valence-corrected chi connectivity index (χ0v) is 15.0. The van der Waals surface area contributed by atoms with Gasteiger partial charge in [0, 0.05) is 35.9 Å². The van der Waals surface area contributed by atoms with Crippen LogP contribution in [0.4, 0.5) is 17.3 Å². The number of hydrogen-bond acceptors (Lipinski definition) is 7. The molecule has 0 aliphatic rings. The summed E-state index contributed by atoms with van der Waals surface area (Å²) in [6.07, 6.45) is 6.22. The van der Waals surface area contributed by atoms with E-state index < -0.39 is 5.91 Å². The third kappa shape index (κ3) is 3.70. The van der Waals surface area contributed by atoms with Gasteiger partial charge < -0.3 is 16.4 Å². The van der Waals surface area contributed by atoms with Crippen LogP contribution in [0.25, 0.3) is 10.1 Å². The van der Waals surface area contributed by atoms with Gasteiger partial charge in [0.1, 0.15) is 11.6 Å². The molecule has 1 amide bonds. The van der Waals surface area contributed by atoms with Gasteiger partial charge in [-0.25, -0.2) is 9.97 Å². The summed E-state index contributed by atoms with van der Waals surface area (Å²) in [7, 11) is 0. The highest BCUT2D eigenvalue weighted by atomic mass is 32.1. The quantitative estimate of drug-likeness (QED) is 0.475. The lowest BCUT2D eigenvalue weighted by Crippen LogP contribution is -2.15. The van der Waals surface area contributed by atoms with Crippen LogP contribution in [0.2, 0.25) is 0 Å². The van der Waals surface area contributed by atoms with Crippen LogP contribution in [0.15, 0.2) is 60.5 Å². The topological polar surface area (TPSA) is 106 Å². The van der Waals surface area contributed by atoms with Crippen molar-refractivity contribution >= 4 is 44.7 Å². The van der Waals surface area contributed by atoms with E-state index in [4.69, 9.17) is 5.73 Å². The molecule has 4 aromatic rings. The SMILES string of the molecule is NC(=O)c1cnc(Nc2cnccn2)cc1NCc1cccc2ccsc12. The van der Waals surface area contributed by atoms with E-state index in [1.165, 1.54) is 16.3 Å². The monoisotopic (exact) mass is 376 g/mol. The Morgan fingerprint density at radius 3 is 2.85 bits per heavy atom. The predicted octanol–water partition coefficient (Wildman–Crippen LogP) is 3.54. The van der Waals surface area contributed by atoms with E-state index in [1.807, 2.05) is 6.07 Å². The Hall–Kier alpha value is -3.52. The normalized spacial score (nSPS) is 10.7. The summed E-state index contributed by atoms with van der Waals surface area (Å²) in [6.45, 7) is 0.562. The molecular weight excluding hydrogens is 360 g/mol. The molecule has 0 saturated heterocycles. The Labute approximate surface area is 159 Å². The van der Waals surface area contributed by atoms with Crippen LogP contribution in [-0.2, 0) is 6.54 Å². The molecule has 7 nitrogen and oxygen atoms in total.